The van der Waals surface area contributed by atoms with Crippen LogP contribution in [0.25, 0.3) is 11.2 Å². The quantitative estimate of drug-likeness (QED) is 0.504. The number of aliphatic hydroxyl groups excluding tert-OH is 1. The first-order chi connectivity index (χ1) is 12.8. The summed E-state index contributed by atoms with van der Waals surface area (Å²) in [5, 5.41) is 13.6. The van der Waals surface area contributed by atoms with Gasteiger partial charge in [-0.15, -0.1) is 0 Å². The van der Waals surface area contributed by atoms with Crippen molar-refractivity contribution in [3.8, 4) is 0 Å². The van der Waals surface area contributed by atoms with E-state index in [1.807, 2.05) is 13.8 Å². The van der Waals surface area contributed by atoms with Crippen LogP contribution in [0.15, 0.2) is 9.59 Å². The van der Waals surface area contributed by atoms with Gasteiger partial charge in [0.05, 0.1) is 25.4 Å². The summed E-state index contributed by atoms with van der Waals surface area (Å²) in [5.41, 5.74) is -0.486. The molecule has 0 bridgehead atoms. The molecule has 0 radical (unpaired) electrons. The van der Waals surface area contributed by atoms with Gasteiger partial charge < -0.3 is 19.7 Å². The summed E-state index contributed by atoms with van der Waals surface area (Å²) in [6, 6.07) is 0. The van der Waals surface area contributed by atoms with E-state index < -0.39 is 17.4 Å². The smallest absolute Gasteiger partial charge is 0.329 e. The minimum absolute atomic E-state index is 0.000401. The van der Waals surface area contributed by atoms with Crippen LogP contribution in [0, 0.1) is 0 Å². The second-order valence-electron chi connectivity index (χ2n) is 7.06. The van der Waals surface area contributed by atoms with Gasteiger partial charge in [0.15, 0.2) is 11.2 Å². The van der Waals surface area contributed by atoms with Crippen LogP contribution in [0.4, 0.5) is 5.95 Å². The largest absolute Gasteiger partial charge is 0.389 e. The van der Waals surface area contributed by atoms with E-state index in [-0.39, 0.29) is 30.4 Å². The van der Waals surface area contributed by atoms with Crippen LogP contribution >= 0.6 is 0 Å². The molecule has 2 aromatic rings. The molecule has 2 aromatic heterocycles. The Labute approximate surface area is 158 Å². The second-order valence-corrected chi connectivity index (χ2v) is 7.06. The highest BCUT2D eigenvalue weighted by Gasteiger charge is 2.19. The Morgan fingerprint density at radius 2 is 2.00 bits per heavy atom. The van der Waals surface area contributed by atoms with Crippen molar-refractivity contribution >= 4 is 17.1 Å². The zero-order valence-electron chi connectivity index (χ0n) is 16.6. The fraction of sp³-hybridized carbons (Fsp3) is 0.722. The van der Waals surface area contributed by atoms with Gasteiger partial charge in [0, 0.05) is 13.6 Å². The van der Waals surface area contributed by atoms with Crippen LogP contribution in [0.3, 0.4) is 0 Å². The molecule has 0 amide bonds. The molecule has 2 heterocycles. The summed E-state index contributed by atoms with van der Waals surface area (Å²) in [4.78, 5) is 31.0. The van der Waals surface area contributed by atoms with Crippen LogP contribution in [0.2, 0.25) is 0 Å². The number of aliphatic hydroxyl groups is 1. The van der Waals surface area contributed by atoms with Crippen molar-refractivity contribution in [2.45, 2.75) is 65.2 Å². The lowest BCUT2D eigenvalue weighted by Gasteiger charge is -2.16. The number of aromatic nitrogens is 4. The number of rotatable bonds is 11. The molecule has 1 unspecified atom stereocenters. The first kappa shape index (κ1) is 21.2. The zero-order chi connectivity index (χ0) is 20.0. The van der Waals surface area contributed by atoms with Gasteiger partial charge in [-0.3, -0.25) is 14.3 Å². The highest BCUT2D eigenvalue weighted by Crippen LogP contribution is 2.16. The van der Waals surface area contributed by atoms with Gasteiger partial charge in [-0.25, -0.2) is 4.79 Å². The van der Waals surface area contributed by atoms with Crippen molar-refractivity contribution in [1.29, 1.82) is 0 Å². The minimum atomic E-state index is -0.804. The van der Waals surface area contributed by atoms with Crippen molar-refractivity contribution < 1.29 is 9.84 Å². The number of H-pyrrole nitrogens is 1. The number of unbranched alkanes of at least 4 members (excludes halogenated alkanes) is 3. The molecule has 0 aromatic carbocycles. The lowest BCUT2D eigenvalue weighted by molar-refractivity contribution is -0.000106. The Hall–Kier alpha value is -2.13. The molecule has 152 valence electrons. The zero-order valence-corrected chi connectivity index (χ0v) is 16.6. The summed E-state index contributed by atoms with van der Waals surface area (Å²) in [7, 11) is 1.56. The third kappa shape index (κ3) is 5.43. The van der Waals surface area contributed by atoms with E-state index in [1.165, 1.54) is 4.57 Å². The van der Waals surface area contributed by atoms with E-state index in [9.17, 15) is 14.7 Å². The second kappa shape index (κ2) is 9.70. The maximum Gasteiger partial charge on any atom is 0.329 e. The molecule has 0 aliphatic rings. The minimum Gasteiger partial charge on any atom is -0.389 e. The van der Waals surface area contributed by atoms with Crippen LogP contribution in [-0.2, 0) is 18.3 Å². The first-order valence-corrected chi connectivity index (χ1v) is 9.58. The predicted molar refractivity (Wildman–Crippen MR) is 105 cm³/mol. The number of aromatic amines is 1. The molecule has 0 aliphatic heterocycles. The standard InChI is InChI=1S/C18H31N5O4/c1-5-6-7-8-9-19-17-20-15-14(16(25)21-18(26)22(15)4)23(17)10-13(24)11-27-12(2)3/h12-13,24H,5-11H2,1-4H3,(H,19,20)(H,21,25,26). The normalized spacial score (nSPS) is 12.8. The number of hydrogen-bond donors (Lipinski definition) is 3. The maximum atomic E-state index is 12.4. The number of nitrogens with zero attached hydrogens (tertiary/aromatic N) is 3. The molecular weight excluding hydrogens is 350 g/mol. The fourth-order valence-corrected chi connectivity index (χ4v) is 2.87. The Kier molecular flexibility index (Phi) is 7.61. The van der Waals surface area contributed by atoms with Crippen LogP contribution in [0.5, 0.6) is 0 Å². The SMILES string of the molecule is CCCCCCNc1nc2c(c(=O)[nH]c(=O)n2C)n1CC(O)COC(C)C. The third-order valence-electron chi connectivity index (χ3n) is 4.34. The van der Waals surface area contributed by atoms with Crippen molar-refractivity contribution in [2.75, 3.05) is 18.5 Å². The molecule has 0 aliphatic carbocycles. The Bertz CT molecular complexity index is 852. The number of aryl methyl sites for hydroxylation is 1. The summed E-state index contributed by atoms with van der Waals surface area (Å²) >= 11 is 0. The van der Waals surface area contributed by atoms with Gasteiger partial charge >= 0.3 is 5.69 Å². The van der Waals surface area contributed by atoms with E-state index in [0.717, 1.165) is 25.7 Å². The van der Waals surface area contributed by atoms with E-state index in [1.54, 1.807) is 11.6 Å². The van der Waals surface area contributed by atoms with Gasteiger partial charge in [0.1, 0.15) is 0 Å². The average molecular weight is 381 g/mol. The van der Waals surface area contributed by atoms with E-state index >= 15 is 0 Å². The summed E-state index contributed by atoms with van der Waals surface area (Å²) in [6.45, 7) is 6.93. The number of ether oxygens (including phenoxy) is 1. The monoisotopic (exact) mass is 381 g/mol. The Balaban J connectivity index is 2.31. The average Bonchev–Trinajstić information content (AvgIpc) is 2.97. The molecule has 0 saturated heterocycles. The van der Waals surface area contributed by atoms with Gasteiger partial charge in [0.2, 0.25) is 5.95 Å². The molecule has 0 fully saturated rings. The number of hydrogen-bond acceptors (Lipinski definition) is 6. The number of imidazole rings is 1. The third-order valence-corrected chi connectivity index (χ3v) is 4.34. The molecule has 1 atom stereocenters. The van der Waals surface area contributed by atoms with Gasteiger partial charge in [-0.05, 0) is 20.3 Å². The molecule has 0 saturated carbocycles. The molecule has 0 spiro atoms. The van der Waals surface area contributed by atoms with E-state index in [0.29, 0.717) is 12.5 Å². The van der Waals surface area contributed by atoms with Gasteiger partial charge in [-0.2, -0.15) is 4.98 Å². The summed E-state index contributed by atoms with van der Waals surface area (Å²) < 4.78 is 8.38. The van der Waals surface area contributed by atoms with Crippen molar-refractivity contribution in [2.24, 2.45) is 7.05 Å². The fourth-order valence-electron chi connectivity index (χ4n) is 2.87. The van der Waals surface area contributed by atoms with Crippen LogP contribution in [0.1, 0.15) is 46.5 Å². The molecule has 3 N–H and O–H groups in total. The lowest BCUT2D eigenvalue weighted by atomic mass is 10.2. The maximum absolute atomic E-state index is 12.4. The number of anilines is 1. The summed E-state index contributed by atoms with van der Waals surface area (Å²) in [6.07, 6.45) is 3.59. The molecule has 2 rings (SSSR count). The molecule has 9 nitrogen and oxygen atoms in total. The molecule has 9 heteroatoms. The van der Waals surface area contributed by atoms with Gasteiger partial charge in [0.25, 0.3) is 5.56 Å². The van der Waals surface area contributed by atoms with Gasteiger partial charge in [-0.1, -0.05) is 26.2 Å². The van der Waals surface area contributed by atoms with Crippen LogP contribution < -0.4 is 16.6 Å². The summed E-state index contributed by atoms with van der Waals surface area (Å²) in [5.74, 6) is 0.469. The van der Waals surface area contributed by atoms with E-state index in [4.69, 9.17) is 4.74 Å². The molecule has 27 heavy (non-hydrogen) atoms. The first-order valence-electron chi connectivity index (χ1n) is 9.58. The highest BCUT2D eigenvalue weighted by atomic mass is 16.5. The van der Waals surface area contributed by atoms with Crippen molar-refractivity contribution in [3.63, 3.8) is 0 Å². The van der Waals surface area contributed by atoms with Crippen molar-refractivity contribution in [1.82, 2.24) is 19.1 Å². The highest BCUT2D eigenvalue weighted by molar-refractivity contribution is 5.74. The number of nitrogens with one attached hydrogen (secondary N) is 2. The predicted octanol–water partition coefficient (Wildman–Crippen LogP) is 1.20. The lowest BCUT2D eigenvalue weighted by Crippen LogP contribution is -2.30. The Morgan fingerprint density at radius 1 is 1.26 bits per heavy atom. The number of fused-ring (bicyclic) bond motifs is 1. The van der Waals surface area contributed by atoms with Crippen LogP contribution in [-0.4, -0.2) is 49.6 Å². The van der Waals surface area contributed by atoms with E-state index in [2.05, 4.69) is 22.2 Å². The van der Waals surface area contributed by atoms with Crippen molar-refractivity contribution in [3.05, 3.63) is 20.8 Å². The molecular formula is C18H31N5O4. The Morgan fingerprint density at radius 3 is 2.67 bits per heavy atom. The topological polar surface area (TPSA) is 114 Å².